The lowest BCUT2D eigenvalue weighted by Gasteiger charge is -2.16. The molecule has 0 saturated heterocycles. The minimum absolute atomic E-state index is 0.0744. The van der Waals surface area contributed by atoms with Gasteiger partial charge in [0.05, 0.1) is 56.4 Å². The number of pyridine rings is 1. The number of amides is 1. The zero-order valence-electron chi connectivity index (χ0n) is 24.4. The molecule has 2 unspecified atom stereocenters. The molecule has 13 heteroatoms. The van der Waals surface area contributed by atoms with Crippen molar-refractivity contribution < 1.29 is 48.3 Å². The number of methoxy groups -OCH3 is 2. The fourth-order valence-corrected chi connectivity index (χ4v) is 5.53. The Bertz CT molecular complexity index is 1530. The van der Waals surface area contributed by atoms with Gasteiger partial charge in [0, 0.05) is 36.6 Å². The number of rotatable bonds is 15. The van der Waals surface area contributed by atoms with Crippen LogP contribution in [-0.4, -0.2) is 71.2 Å². The highest BCUT2D eigenvalue weighted by atomic mass is 32.1. The number of aromatic nitrogens is 1. The van der Waals surface area contributed by atoms with Crippen LogP contribution in [-0.2, 0) is 27.5 Å². The van der Waals surface area contributed by atoms with Crippen molar-refractivity contribution in [2.45, 2.75) is 46.2 Å². The summed E-state index contributed by atoms with van der Waals surface area (Å²) in [5.41, 5.74) is 1.49. The van der Waals surface area contributed by atoms with E-state index in [2.05, 4.69) is 4.98 Å². The second-order valence-corrected chi connectivity index (χ2v) is 11.4. The predicted octanol–water partition coefficient (Wildman–Crippen LogP) is 4.41. The van der Waals surface area contributed by atoms with Crippen molar-refractivity contribution in [2.75, 3.05) is 27.4 Å². The van der Waals surface area contributed by atoms with E-state index in [4.69, 9.17) is 29.2 Å². The summed E-state index contributed by atoms with van der Waals surface area (Å²) in [4.78, 5) is 54.0. The average molecular weight is 615 g/mol. The van der Waals surface area contributed by atoms with Crippen molar-refractivity contribution in [2.24, 2.45) is 11.8 Å². The molecule has 4 rings (SSSR count). The maximum absolute atomic E-state index is 12.6. The van der Waals surface area contributed by atoms with Crippen LogP contribution in [0.3, 0.4) is 0 Å². The minimum atomic E-state index is -1.01. The van der Waals surface area contributed by atoms with E-state index in [-0.39, 0.29) is 37.7 Å². The van der Waals surface area contributed by atoms with Gasteiger partial charge in [0.2, 0.25) is 5.91 Å². The lowest BCUT2D eigenvalue weighted by molar-refractivity contribution is -0.145. The molecule has 0 bridgehead atoms. The maximum Gasteiger partial charge on any atom is 0.306 e. The first-order valence-corrected chi connectivity index (χ1v) is 14.5. The van der Waals surface area contributed by atoms with E-state index in [1.165, 1.54) is 39.4 Å². The molecule has 0 saturated carbocycles. The Hall–Kier alpha value is -4.39. The first-order chi connectivity index (χ1) is 20.5. The molecule has 3 aromatic rings. The van der Waals surface area contributed by atoms with Crippen LogP contribution in [0.15, 0.2) is 24.3 Å². The molecule has 2 aromatic heterocycles. The molecule has 1 aliphatic heterocycles. The molecule has 43 heavy (non-hydrogen) atoms. The van der Waals surface area contributed by atoms with E-state index >= 15 is 0 Å². The Morgan fingerprint density at radius 3 is 2.23 bits per heavy atom. The van der Waals surface area contributed by atoms with Gasteiger partial charge in [0.1, 0.15) is 0 Å². The molecular formula is C30H34N2O10S. The fraction of sp³-hybridized carbons (Fsp3) is 0.433. The number of carbonyl (C=O) groups is 4. The number of hydrogen-bond acceptors (Lipinski definition) is 10. The molecule has 12 nitrogen and oxygen atoms in total. The van der Waals surface area contributed by atoms with Crippen LogP contribution in [0.2, 0.25) is 0 Å². The number of benzene rings is 1. The normalized spacial score (nSPS) is 13.7. The van der Waals surface area contributed by atoms with Gasteiger partial charge in [-0.1, -0.05) is 13.8 Å². The number of nitrogens with zero attached hydrogens (tertiary/aromatic N) is 2. The third kappa shape index (κ3) is 7.53. The summed E-state index contributed by atoms with van der Waals surface area (Å²) in [6, 6.07) is 7.10. The summed E-state index contributed by atoms with van der Waals surface area (Å²) in [5.74, 6) is -2.30. The Balaban J connectivity index is 1.34. The van der Waals surface area contributed by atoms with Crippen LogP contribution in [0.25, 0.3) is 10.1 Å². The number of aliphatic carboxylic acids is 2. The van der Waals surface area contributed by atoms with Gasteiger partial charge in [0.15, 0.2) is 23.0 Å². The van der Waals surface area contributed by atoms with E-state index in [0.717, 1.165) is 15.6 Å². The molecule has 0 aliphatic carbocycles. The summed E-state index contributed by atoms with van der Waals surface area (Å²) in [5, 5.41) is 19.0. The first kappa shape index (κ1) is 31.5. The van der Waals surface area contributed by atoms with E-state index in [1.807, 2.05) is 0 Å². The largest absolute Gasteiger partial charge is 0.493 e. The summed E-state index contributed by atoms with van der Waals surface area (Å²) in [7, 11) is 3.03. The van der Waals surface area contributed by atoms with Gasteiger partial charge in [-0.15, -0.1) is 11.3 Å². The van der Waals surface area contributed by atoms with Gasteiger partial charge in [-0.3, -0.25) is 19.2 Å². The van der Waals surface area contributed by atoms with E-state index in [0.29, 0.717) is 53.3 Å². The molecule has 1 aliphatic rings. The van der Waals surface area contributed by atoms with Crippen LogP contribution in [0.1, 0.15) is 54.0 Å². The Kier molecular flexibility index (Phi) is 10.1. The molecule has 0 radical (unpaired) electrons. The number of ketones is 1. The zero-order chi connectivity index (χ0) is 31.3. The summed E-state index contributed by atoms with van der Waals surface area (Å²) in [6.45, 7) is 4.16. The van der Waals surface area contributed by atoms with Crippen molar-refractivity contribution in [3.05, 3.63) is 40.4 Å². The second-order valence-electron chi connectivity index (χ2n) is 10.4. The molecule has 2 atom stereocenters. The van der Waals surface area contributed by atoms with Gasteiger partial charge in [-0.25, -0.2) is 4.98 Å². The van der Waals surface area contributed by atoms with Crippen molar-refractivity contribution in [3.8, 4) is 23.1 Å². The molecule has 0 fully saturated rings. The van der Waals surface area contributed by atoms with Crippen LogP contribution in [0.4, 0.5) is 0 Å². The Morgan fingerprint density at radius 2 is 1.56 bits per heavy atom. The number of fused-ring (bicyclic) bond motifs is 2. The highest BCUT2D eigenvalue weighted by Crippen LogP contribution is 2.37. The van der Waals surface area contributed by atoms with Crippen LogP contribution < -0.4 is 18.9 Å². The first-order valence-electron chi connectivity index (χ1n) is 13.7. The molecule has 3 heterocycles. The maximum atomic E-state index is 12.6. The number of Topliss-reactive ketones (excluding diaryl/α,β-unsaturated/α-hetero) is 1. The molecule has 1 aromatic carbocycles. The molecule has 2 N–H and O–H groups in total. The smallest absolute Gasteiger partial charge is 0.306 e. The third-order valence-electron chi connectivity index (χ3n) is 7.08. The number of carboxylic acid groups (broad SMARTS) is 2. The van der Waals surface area contributed by atoms with Crippen molar-refractivity contribution >= 4 is 45.1 Å². The summed E-state index contributed by atoms with van der Waals surface area (Å²) < 4.78 is 23.6. The second kappa shape index (κ2) is 13.7. The SMILES string of the molecule is COc1cc2sc(C(=O)CC(C)C(=O)O)cc2cc1OCCCOc1nc2c(cc1OC)CN(C(=O)CC(C)C(=O)O)C2. The lowest BCUT2D eigenvalue weighted by Crippen LogP contribution is -2.28. The number of ether oxygens (including phenoxy) is 4. The predicted molar refractivity (Wildman–Crippen MR) is 156 cm³/mol. The average Bonchev–Trinajstić information content (AvgIpc) is 3.59. The van der Waals surface area contributed by atoms with Crippen LogP contribution in [0.5, 0.6) is 23.1 Å². The summed E-state index contributed by atoms with van der Waals surface area (Å²) >= 11 is 1.28. The summed E-state index contributed by atoms with van der Waals surface area (Å²) in [6.07, 6.45) is 0.343. The highest BCUT2D eigenvalue weighted by molar-refractivity contribution is 7.20. The Labute approximate surface area is 252 Å². The van der Waals surface area contributed by atoms with E-state index < -0.39 is 23.8 Å². The molecule has 1 amide bonds. The number of carbonyl (C=O) groups excluding carboxylic acids is 2. The van der Waals surface area contributed by atoms with Gasteiger partial charge in [0.25, 0.3) is 5.88 Å². The zero-order valence-corrected chi connectivity index (χ0v) is 25.2. The topological polar surface area (TPSA) is 162 Å². The number of thiophene rings is 1. The van der Waals surface area contributed by atoms with Crippen LogP contribution >= 0.6 is 11.3 Å². The van der Waals surface area contributed by atoms with Crippen LogP contribution in [0, 0.1) is 11.8 Å². The van der Waals surface area contributed by atoms with E-state index in [1.54, 1.807) is 29.2 Å². The highest BCUT2D eigenvalue weighted by Gasteiger charge is 2.29. The fourth-order valence-electron chi connectivity index (χ4n) is 4.51. The van der Waals surface area contributed by atoms with Crippen molar-refractivity contribution in [1.82, 2.24) is 9.88 Å². The van der Waals surface area contributed by atoms with Gasteiger partial charge in [-0.05, 0) is 29.1 Å². The van der Waals surface area contributed by atoms with E-state index in [9.17, 15) is 19.2 Å². The van der Waals surface area contributed by atoms with Crippen molar-refractivity contribution in [1.29, 1.82) is 0 Å². The lowest BCUT2D eigenvalue weighted by atomic mass is 10.0. The quantitative estimate of drug-likeness (QED) is 0.184. The third-order valence-corrected chi connectivity index (χ3v) is 8.21. The van der Waals surface area contributed by atoms with Gasteiger partial charge in [-0.2, -0.15) is 0 Å². The molecular weight excluding hydrogens is 580 g/mol. The number of carboxylic acids is 2. The Morgan fingerprint density at radius 1 is 0.884 bits per heavy atom. The van der Waals surface area contributed by atoms with Gasteiger partial charge < -0.3 is 34.1 Å². The van der Waals surface area contributed by atoms with Crippen molar-refractivity contribution in [3.63, 3.8) is 0 Å². The molecule has 230 valence electrons. The standard InChI is InChI=1S/C30H34N2O10S/c1-16(29(35)36)8-21(33)26-12-18-10-23(22(39-3)13-25(18)43-26)41-6-5-7-42-28-24(40-4)11-19-14-32(15-20(19)31-28)27(34)9-17(2)30(37)38/h10-13,16-17H,5-9,14-15H2,1-4H3,(H,35,36)(H,37,38). The monoisotopic (exact) mass is 614 g/mol. The van der Waals surface area contributed by atoms with Gasteiger partial charge >= 0.3 is 11.9 Å². The minimum Gasteiger partial charge on any atom is -0.493 e. The number of hydrogen-bond donors (Lipinski definition) is 2. The molecule has 0 spiro atoms.